The third-order valence-electron chi connectivity index (χ3n) is 10.4. The van der Waals surface area contributed by atoms with Gasteiger partial charge in [-0.05, 0) is 124 Å². The second kappa shape index (κ2) is 19.6. The Morgan fingerprint density at radius 3 is 1.89 bits per heavy atom. The van der Waals surface area contributed by atoms with Crippen LogP contribution in [0.5, 0.6) is 0 Å². The molecule has 57 heavy (non-hydrogen) atoms. The minimum absolute atomic E-state index is 0.0773. The molecular weight excluding hydrogens is 705 g/mol. The quantitative estimate of drug-likeness (QED) is 0.167. The van der Waals surface area contributed by atoms with Crippen LogP contribution in [-0.2, 0) is 11.8 Å². The summed E-state index contributed by atoms with van der Waals surface area (Å²) in [5.41, 5.74) is 17.2. The summed E-state index contributed by atoms with van der Waals surface area (Å²) >= 11 is 1.91. The Morgan fingerprint density at radius 2 is 1.19 bits per heavy atom. The van der Waals surface area contributed by atoms with Crippen LogP contribution in [0, 0.1) is 26.0 Å². The molecule has 9 rings (SSSR count). The van der Waals surface area contributed by atoms with Gasteiger partial charge < -0.3 is 0 Å². The molecule has 0 amide bonds. The predicted octanol–water partition coefficient (Wildman–Crippen LogP) is 17.3. The molecule has 0 saturated carbocycles. The molecule has 0 bridgehead atoms. The maximum atomic E-state index is 3.23. The SMILES string of the molecule is CC.CC.CCC.CCc1ccc(-c2c#cccc2)cc1-c1cc(-c2ccccc2)ccc1C.Cc1ccc2c(c1)C(C)(C)c1cc3c(cc1-2)sc1ccccc13. The first-order valence-corrected chi connectivity index (χ1v) is 21.8. The van der Waals surface area contributed by atoms with Gasteiger partial charge in [-0.25, -0.2) is 0 Å². The van der Waals surface area contributed by atoms with Crippen LogP contribution >= 0.6 is 11.3 Å². The summed E-state index contributed by atoms with van der Waals surface area (Å²) in [6, 6.07) is 56.9. The lowest BCUT2D eigenvalue weighted by Gasteiger charge is -2.21. The van der Waals surface area contributed by atoms with E-state index in [4.69, 9.17) is 0 Å². The first-order valence-electron chi connectivity index (χ1n) is 21.0. The molecule has 0 unspecified atom stereocenters. The van der Waals surface area contributed by atoms with Gasteiger partial charge in [-0.15, -0.1) is 11.3 Å². The lowest BCUT2D eigenvalue weighted by Crippen LogP contribution is -2.15. The number of fused-ring (bicyclic) bond motifs is 6. The summed E-state index contributed by atoms with van der Waals surface area (Å²) in [5, 5.41) is 2.79. The van der Waals surface area contributed by atoms with E-state index in [0.717, 1.165) is 12.0 Å². The van der Waals surface area contributed by atoms with E-state index in [1.165, 1.54) is 93.4 Å². The molecule has 0 aliphatic heterocycles. The number of rotatable bonds is 4. The van der Waals surface area contributed by atoms with Crippen molar-refractivity contribution in [2.24, 2.45) is 0 Å². The van der Waals surface area contributed by atoms with Crippen LogP contribution in [0.1, 0.15) is 96.6 Å². The first-order chi connectivity index (χ1) is 27.7. The van der Waals surface area contributed by atoms with Crippen molar-refractivity contribution in [3.05, 3.63) is 179 Å². The highest BCUT2D eigenvalue weighted by Gasteiger charge is 2.36. The monoisotopic (exact) mass is 764 g/mol. The van der Waals surface area contributed by atoms with Gasteiger partial charge >= 0.3 is 0 Å². The zero-order valence-electron chi connectivity index (χ0n) is 36.1. The molecule has 0 atom stereocenters. The average Bonchev–Trinajstić information content (AvgIpc) is 3.73. The molecule has 7 aromatic carbocycles. The smallest absolute Gasteiger partial charge is 0.0361 e. The normalized spacial score (nSPS) is 11.6. The molecule has 0 saturated heterocycles. The fourth-order valence-electron chi connectivity index (χ4n) is 7.61. The van der Waals surface area contributed by atoms with Gasteiger partial charge in [-0.2, -0.15) is 0 Å². The third kappa shape index (κ3) is 9.09. The van der Waals surface area contributed by atoms with Crippen molar-refractivity contribution in [1.29, 1.82) is 0 Å². The summed E-state index contributed by atoms with van der Waals surface area (Å²) < 4.78 is 2.78. The number of hydrogen-bond acceptors (Lipinski definition) is 1. The summed E-state index contributed by atoms with van der Waals surface area (Å²) in [5.74, 6) is 0. The highest BCUT2D eigenvalue weighted by Crippen LogP contribution is 2.51. The molecule has 1 aliphatic carbocycles. The standard InChI is InChI=1S/C27H22.C22H18S.C3H8.2C2H6/c1-3-21-16-17-25(23-12-8-5-9-13-23)19-27(21)26-18-24(15-14-20(26)2)22-10-6-4-7-11-22;1-13-8-9-14-16-12-21-17(15-6-4-5-7-20(15)23-21)11-19(16)22(2,3)18(14)10-13;1-3-2;2*1-2/h4-8,10-12,14-19H,3H2,1-2H3;4-12H,1-3H3;3H2,1-2H3;2*1-2H3. The Hall–Kier alpha value is -5.42. The Kier molecular flexibility index (Phi) is 14.7. The van der Waals surface area contributed by atoms with Gasteiger partial charge in [-0.1, -0.05) is 183 Å². The van der Waals surface area contributed by atoms with Gasteiger partial charge in [0.15, 0.2) is 0 Å². The topological polar surface area (TPSA) is 0 Å². The average molecular weight is 765 g/mol. The van der Waals surface area contributed by atoms with E-state index < -0.39 is 0 Å². The lowest BCUT2D eigenvalue weighted by molar-refractivity contribution is 0.660. The Morgan fingerprint density at radius 1 is 0.526 bits per heavy atom. The van der Waals surface area contributed by atoms with E-state index in [0.29, 0.717) is 0 Å². The molecular formula is C56H60S. The van der Waals surface area contributed by atoms with E-state index in [2.05, 4.69) is 188 Å². The third-order valence-corrected chi connectivity index (χ3v) is 11.5. The zero-order valence-corrected chi connectivity index (χ0v) is 36.9. The summed E-state index contributed by atoms with van der Waals surface area (Å²) in [6.45, 7) is 23.6. The second-order valence-corrected chi connectivity index (χ2v) is 15.8. The minimum atomic E-state index is 0.0773. The Labute approximate surface area is 348 Å². The van der Waals surface area contributed by atoms with Gasteiger partial charge in [-0.3, -0.25) is 0 Å². The van der Waals surface area contributed by atoms with E-state index >= 15 is 0 Å². The lowest BCUT2D eigenvalue weighted by atomic mass is 9.81. The van der Waals surface area contributed by atoms with Crippen LogP contribution in [0.2, 0.25) is 0 Å². The van der Waals surface area contributed by atoms with Crippen LogP contribution in [-0.4, -0.2) is 0 Å². The fraction of sp³-hybridized carbons (Fsp3) is 0.250. The van der Waals surface area contributed by atoms with Crippen molar-refractivity contribution in [2.75, 3.05) is 0 Å². The van der Waals surface area contributed by atoms with E-state index in [-0.39, 0.29) is 5.41 Å². The van der Waals surface area contributed by atoms with Gasteiger partial charge in [0.1, 0.15) is 0 Å². The molecule has 290 valence electrons. The summed E-state index contributed by atoms with van der Waals surface area (Å²) in [4.78, 5) is 0. The van der Waals surface area contributed by atoms with E-state index in [1.807, 2.05) is 51.2 Å². The van der Waals surface area contributed by atoms with Crippen molar-refractivity contribution in [3.63, 3.8) is 0 Å². The molecule has 1 aliphatic rings. The molecule has 8 aromatic rings. The highest BCUT2D eigenvalue weighted by atomic mass is 32.1. The summed E-state index contributed by atoms with van der Waals surface area (Å²) in [7, 11) is 0. The maximum Gasteiger partial charge on any atom is 0.0361 e. The second-order valence-electron chi connectivity index (χ2n) is 14.7. The van der Waals surface area contributed by atoms with Crippen LogP contribution in [0.3, 0.4) is 0 Å². The van der Waals surface area contributed by atoms with Gasteiger partial charge in [0.2, 0.25) is 0 Å². The predicted molar refractivity (Wildman–Crippen MR) is 255 cm³/mol. The Bertz CT molecular complexity index is 2510. The highest BCUT2D eigenvalue weighted by molar-refractivity contribution is 7.25. The molecule has 1 heterocycles. The van der Waals surface area contributed by atoms with Crippen molar-refractivity contribution >= 4 is 31.5 Å². The van der Waals surface area contributed by atoms with Crippen molar-refractivity contribution in [1.82, 2.24) is 0 Å². The number of aryl methyl sites for hydroxylation is 3. The number of hydrogen-bond donors (Lipinski definition) is 0. The molecule has 1 heteroatoms. The summed E-state index contributed by atoms with van der Waals surface area (Å²) in [6.07, 6.45) is 2.26. The Balaban J connectivity index is 0.000000190. The van der Waals surface area contributed by atoms with Crippen LogP contribution in [0.4, 0.5) is 0 Å². The van der Waals surface area contributed by atoms with Crippen molar-refractivity contribution in [2.45, 2.75) is 94.4 Å². The van der Waals surface area contributed by atoms with Gasteiger partial charge in [0.05, 0.1) is 0 Å². The van der Waals surface area contributed by atoms with E-state index in [1.54, 1.807) is 0 Å². The van der Waals surface area contributed by atoms with Gasteiger partial charge in [0.25, 0.3) is 0 Å². The molecule has 0 N–H and O–H groups in total. The van der Waals surface area contributed by atoms with Crippen LogP contribution in [0.25, 0.3) is 64.7 Å². The molecule has 0 fully saturated rings. The zero-order chi connectivity index (χ0) is 41.1. The van der Waals surface area contributed by atoms with Crippen LogP contribution in [0.15, 0.2) is 140 Å². The maximum absolute atomic E-state index is 3.23. The number of thiophene rings is 1. The molecule has 1 aromatic heterocycles. The molecule has 0 radical (unpaired) electrons. The minimum Gasteiger partial charge on any atom is -0.135 e. The van der Waals surface area contributed by atoms with Crippen molar-refractivity contribution in [3.8, 4) is 44.5 Å². The fourth-order valence-corrected chi connectivity index (χ4v) is 8.74. The number of benzene rings is 6. The van der Waals surface area contributed by atoms with Gasteiger partial charge in [0, 0.05) is 31.2 Å². The molecule has 0 nitrogen and oxygen atoms in total. The molecule has 0 spiro atoms. The van der Waals surface area contributed by atoms with E-state index in [9.17, 15) is 0 Å². The van der Waals surface area contributed by atoms with Crippen molar-refractivity contribution < 1.29 is 0 Å². The first kappa shape index (κ1) is 42.7. The largest absolute Gasteiger partial charge is 0.135 e. The van der Waals surface area contributed by atoms with Crippen LogP contribution < -0.4 is 0 Å².